The van der Waals surface area contributed by atoms with Gasteiger partial charge in [-0.3, -0.25) is 0 Å². The maximum absolute atomic E-state index is 9.02. The van der Waals surface area contributed by atoms with Crippen LogP contribution in [0.2, 0.25) is 5.02 Å². The Morgan fingerprint density at radius 2 is 2.13 bits per heavy atom. The van der Waals surface area contributed by atoms with Gasteiger partial charge in [0.15, 0.2) is 0 Å². The number of para-hydroxylation sites is 1. The normalized spacial score (nSPS) is 14.7. The van der Waals surface area contributed by atoms with Gasteiger partial charge in [0.2, 0.25) is 0 Å². The zero-order chi connectivity index (χ0) is 11.4. The molecule has 0 aliphatic heterocycles. The third-order valence-corrected chi connectivity index (χ3v) is 2.87. The van der Waals surface area contributed by atoms with E-state index in [0.717, 1.165) is 5.69 Å². The van der Waals surface area contributed by atoms with Crippen LogP contribution in [0, 0.1) is 5.92 Å². The molecule has 4 heteroatoms. The van der Waals surface area contributed by atoms with Gasteiger partial charge in [-0.1, -0.05) is 24.6 Å². The van der Waals surface area contributed by atoms with Crippen LogP contribution in [-0.4, -0.2) is 17.8 Å². The van der Waals surface area contributed by atoms with E-state index in [1.807, 2.05) is 19.9 Å². The second kappa shape index (κ2) is 5.24. The van der Waals surface area contributed by atoms with Crippen LogP contribution >= 0.6 is 11.6 Å². The molecule has 0 radical (unpaired) electrons. The fourth-order valence-electron chi connectivity index (χ4n) is 1.22. The lowest BCUT2D eigenvalue weighted by atomic mass is 10.0. The van der Waals surface area contributed by atoms with Crippen molar-refractivity contribution in [2.24, 2.45) is 5.92 Å². The Hall–Kier alpha value is -0.930. The second-order valence-electron chi connectivity index (χ2n) is 3.80. The SMILES string of the molecule is CC(CO)C(C)Nc1c(N)cccc1Cl. The van der Waals surface area contributed by atoms with Crippen LogP contribution < -0.4 is 11.1 Å². The van der Waals surface area contributed by atoms with Crippen molar-refractivity contribution in [1.29, 1.82) is 0 Å². The van der Waals surface area contributed by atoms with Crippen molar-refractivity contribution in [2.45, 2.75) is 19.9 Å². The topological polar surface area (TPSA) is 58.3 Å². The fraction of sp³-hybridized carbons (Fsp3) is 0.455. The number of aliphatic hydroxyl groups excluding tert-OH is 1. The molecule has 2 atom stereocenters. The molecule has 1 aromatic rings. The maximum atomic E-state index is 9.02. The molecule has 4 N–H and O–H groups in total. The predicted molar refractivity (Wildman–Crippen MR) is 65.2 cm³/mol. The summed E-state index contributed by atoms with van der Waals surface area (Å²) >= 11 is 6.02. The summed E-state index contributed by atoms with van der Waals surface area (Å²) in [6.45, 7) is 4.09. The molecule has 3 nitrogen and oxygen atoms in total. The molecule has 84 valence electrons. The summed E-state index contributed by atoms with van der Waals surface area (Å²) in [4.78, 5) is 0. The van der Waals surface area contributed by atoms with Crippen LogP contribution in [0.1, 0.15) is 13.8 Å². The molecule has 0 saturated carbocycles. The zero-order valence-electron chi connectivity index (χ0n) is 9.00. The first-order valence-electron chi connectivity index (χ1n) is 4.97. The highest BCUT2D eigenvalue weighted by Crippen LogP contribution is 2.29. The molecule has 2 unspecified atom stereocenters. The van der Waals surface area contributed by atoms with E-state index in [1.165, 1.54) is 0 Å². The van der Waals surface area contributed by atoms with Crippen molar-refractivity contribution in [3.63, 3.8) is 0 Å². The van der Waals surface area contributed by atoms with Crippen molar-refractivity contribution < 1.29 is 5.11 Å². The summed E-state index contributed by atoms with van der Waals surface area (Å²) in [5.74, 6) is 0.153. The van der Waals surface area contributed by atoms with E-state index in [2.05, 4.69) is 5.32 Å². The number of benzene rings is 1. The fourth-order valence-corrected chi connectivity index (χ4v) is 1.46. The van der Waals surface area contributed by atoms with E-state index in [9.17, 15) is 0 Å². The molecule has 0 spiro atoms. The summed E-state index contributed by atoms with van der Waals surface area (Å²) in [6, 6.07) is 5.52. The summed E-state index contributed by atoms with van der Waals surface area (Å²) < 4.78 is 0. The number of aliphatic hydroxyl groups is 1. The molecule has 15 heavy (non-hydrogen) atoms. The van der Waals surface area contributed by atoms with Gasteiger partial charge in [0.05, 0.1) is 16.4 Å². The highest BCUT2D eigenvalue weighted by molar-refractivity contribution is 6.33. The summed E-state index contributed by atoms with van der Waals surface area (Å²) in [7, 11) is 0. The molecular formula is C11H17ClN2O. The van der Waals surface area contributed by atoms with Gasteiger partial charge in [0.25, 0.3) is 0 Å². The molecule has 0 aliphatic carbocycles. The Morgan fingerprint density at radius 3 is 2.67 bits per heavy atom. The number of rotatable bonds is 4. The lowest BCUT2D eigenvalue weighted by molar-refractivity contribution is 0.226. The lowest BCUT2D eigenvalue weighted by Crippen LogP contribution is -2.26. The molecule has 0 fully saturated rings. The Labute approximate surface area is 95.2 Å². The smallest absolute Gasteiger partial charge is 0.0765 e. The zero-order valence-corrected chi connectivity index (χ0v) is 9.75. The van der Waals surface area contributed by atoms with Crippen LogP contribution in [0.25, 0.3) is 0 Å². The minimum atomic E-state index is 0.122. The van der Waals surface area contributed by atoms with Gasteiger partial charge in [0, 0.05) is 12.6 Å². The van der Waals surface area contributed by atoms with Crippen molar-refractivity contribution >= 4 is 23.0 Å². The molecule has 0 aromatic heterocycles. The largest absolute Gasteiger partial charge is 0.397 e. The van der Waals surface area contributed by atoms with Gasteiger partial charge in [0.1, 0.15) is 0 Å². The van der Waals surface area contributed by atoms with E-state index in [1.54, 1.807) is 12.1 Å². The number of hydrogen-bond acceptors (Lipinski definition) is 3. The first-order chi connectivity index (χ1) is 7.06. The molecule has 0 saturated heterocycles. The first-order valence-corrected chi connectivity index (χ1v) is 5.35. The summed E-state index contributed by atoms with van der Waals surface area (Å²) in [6.07, 6.45) is 0. The third-order valence-electron chi connectivity index (χ3n) is 2.56. The predicted octanol–water partition coefficient (Wildman–Crippen LogP) is 2.35. The summed E-state index contributed by atoms with van der Waals surface area (Å²) in [5.41, 5.74) is 7.17. The van der Waals surface area contributed by atoms with Crippen molar-refractivity contribution in [3.05, 3.63) is 23.2 Å². The van der Waals surface area contributed by atoms with Crippen molar-refractivity contribution in [1.82, 2.24) is 0 Å². The van der Waals surface area contributed by atoms with Crippen LogP contribution in [0.3, 0.4) is 0 Å². The highest BCUT2D eigenvalue weighted by Gasteiger charge is 2.13. The Bertz CT molecular complexity index is 310. The average Bonchev–Trinajstić information content (AvgIpc) is 2.22. The quantitative estimate of drug-likeness (QED) is 0.694. The Kier molecular flexibility index (Phi) is 4.24. The number of nitrogen functional groups attached to an aromatic ring is 1. The standard InChI is InChI=1S/C11H17ClN2O/c1-7(6-15)8(2)14-11-9(12)4-3-5-10(11)13/h3-5,7-8,14-15H,6,13H2,1-2H3. The lowest BCUT2D eigenvalue weighted by Gasteiger charge is -2.22. The van der Waals surface area contributed by atoms with Gasteiger partial charge in [-0.2, -0.15) is 0 Å². The van der Waals surface area contributed by atoms with Gasteiger partial charge in [-0.15, -0.1) is 0 Å². The van der Waals surface area contributed by atoms with Gasteiger partial charge < -0.3 is 16.2 Å². The third kappa shape index (κ3) is 3.01. The Balaban J connectivity index is 2.80. The van der Waals surface area contributed by atoms with Crippen LogP contribution in [0.5, 0.6) is 0 Å². The second-order valence-corrected chi connectivity index (χ2v) is 4.20. The maximum Gasteiger partial charge on any atom is 0.0765 e. The molecular weight excluding hydrogens is 212 g/mol. The molecule has 0 heterocycles. The van der Waals surface area contributed by atoms with E-state index in [0.29, 0.717) is 10.7 Å². The monoisotopic (exact) mass is 228 g/mol. The number of halogens is 1. The summed E-state index contributed by atoms with van der Waals surface area (Å²) in [5, 5.41) is 12.8. The molecule has 0 aliphatic rings. The van der Waals surface area contributed by atoms with E-state index in [-0.39, 0.29) is 18.6 Å². The Morgan fingerprint density at radius 1 is 1.47 bits per heavy atom. The highest BCUT2D eigenvalue weighted by atomic mass is 35.5. The number of nitrogens with two attached hydrogens (primary N) is 1. The first kappa shape index (κ1) is 12.1. The van der Waals surface area contributed by atoms with Gasteiger partial charge in [-0.25, -0.2) is 0 Å². The number of anilines is 2. The minimum Gasteiger partial charge on any atom is -0.397 e. The van der Waals surface area contributed by atoms with Gasteiger partial charge >= 0.3 is 0 Å². The molecule has 0 amide bonds. The van der Waals surface area contributed by atoms with Crippen molar-refractivity contribution in [2.75, 3.05) is 17.7 Å². The number of nitrogens with one attached hydrogen (secondary N) is 1. The van der Waals surface area contributed by atoms with E-state index < -0.39 is 0 Å². The minimum absolute atomic E-state index is 0.122. The van der Waals surface area contributed by atoms with Crippen LogP contribution in [-0.2, 0) is 0 Å². The molecule has 0 bridgehead atoms. The number of hydrogen-bond donors (Lipinski definition) is 3. The van der Waals surface area contributed by atoms with Crippen LogP contribution in [0.4, 0.5) is 11.4 Å². The van der Waals surface area contributed by atoms with E-state index >= 15 is 0 Å². The van der Waals surface area contributed by atoms with Crippen molar-refractivity contribution in [3.8, 4) is 0 Å². The molecule has 1 rings (SSSR count). The van der Waals surface area contributed by atoms with Crippen LogP contribution in [0.15, 0.2) is 18.2 Å². The average molecular weight is 229 g/mol. The van der Waals surface area contributed by atoms with E-state index in [4.69, 9.17) is 22.4 Å². The molecule has 1 aromatic carbocycles. The van der Waals surface area contributed by atoms with Gasteiger partial charge in [-0.05, 0) is 25.0 Å².